The van der Waals surface area contributed by atoms with Gasteiger partial charge in [0.25, 0.3) is 16.8 Å². The van der Waals surface area contributed by atoms with Gasteiger partial charge in [-0.15, -0.1) is 0 Å². The zero-order chi connectivity index (χ0) is 24.1. The van der Waals surface area contributed by atoms with Crippen molar-refractivity contribution in [2.75, 3.05) is 11.9 Å². The number of fused-ring (bicyclic) bond motifs is 1. The predicted octanol–water partition coefficient (Wildman–Crippen LogP) is 5.13. The second kappa shape index (κ2) is 10.2. The largest absolute Gasteiger partial charge is 0.452 e. The van der Waals surface area contributed by atoms with Gasteiger partial charge in [0, 0.05) is 11.8 Å². The topological polar surface area (TPSA) is 125 Å². The molecule has 0 aliphatic carbocycles. The Hall–Kier alpha value is -4.18. The lowest BCUT2D eigenvalue weighted by Gasteiger charge is -2.11. The Morgan fingerprint density at radius 2 is 1.85 bits per heavy atom. The first-order chi connectivity index (χ1) is 16.4. The molecule has 0 aliphatic rings. The van der Waals surface area contributed by atoms with Crippen LogP contribution in [-0.2, 0) is 15.3 Å². The second-order valence-corrected chi connectivity index (χ2v) is 8.17. The Labute approximate surface area is 198 Å². The number of hydrogen-bond acceptors (Lipinski definition) is 8. The highest BCUT2D eigenvalue weighted by Gasteiger charge is 2.20. The number of amides is 1. The maximum absolute atomic E-state index is 12.7. The molecule has 34 heavy (non-hydrogen) atoms. The van der Waals surface area contributed by atoms with Crippen LogP contribution in [0, 0.1) is 17.0 Å². The highest BCUT2D eigenvalue weighted by Crippen LogP contribution is 2.28. The van der Waals surface area contributed by atoms with Crippen LogP contribution in [0.5, 0.6) is 0 Å². The van der Waals surface area contributed by atoms with Crippen LogP contribution >= 0.6 is 11.8 Å². The summed E-state index contributed by atoms with van der Waals surface area (Å²) in [4.78, 5) is 40.0. The highest BCUT2D eigenvalue weighted by molar-refractivity contribution is 7.98. The summed E-state index contributed by atoms with van der Waals surface area (Å²) < 4.78 is 10.9. The standard InChI is InChI=1S/C24H19N3O6S/c1-15-7-6-11-19(27(30)31)22(15)26-21(28)13-32-23(29)17-9-3-2-8-16(17)14-34-24-25-18-10-4-5-12-20(18)33-24/h2-12H,13-14H2,1H3,(H,26,28). The van der Waals surface area contributed by atoms with Crippen LogP contribution < -0.4 is 5.32 Å². The molecule has 1 heterocycles. The van der Waals surface area contributed by atoms with E-state index in [0.29, 0.717) is 33.2 Å². The van der Waals surface area contributed by atoms with Gasteiger partial charge in [-0.25, -0.2) is 9.78 Å². The first-order valence-electron chi connectivity index (χ1n) is 10.2. The third-order valence-electron chi connectivity index (χ3n) is 4.91. The average Bonchev–Trinajstić information content (AvgIpc) is 3.25. The minimum Gasteiger partial charge on any atom is -0.452 e. The molecule has 9 nitrogen and oxygen atoms in total. The number of oxazole rings is 1. The zero-order valence-electron chi connectivity index (χ0n) is 18.0. The van der Waals surface area contributed by atoms with Gasteiger partial charge in [-0.3, -0.25) is 14.9 Å². The van der Waals surface area contributed by atoms with Crippen LogP contribution in [0.25, 0.3) is 11.1 Å². The number of carbonyl (C=O) groups excluding carboxylic acids is 2. The number of nitrogens with zero attached hydrogens (tertiary/aromatic N) is 2. The molecule has 0 saturated carbocycles. The number of nitrogens with one attached hydrogen (secondary N) is 1. The molecule has 4 rings (SSSR count). The van der Waals surface area contributed by atoms with Gasteiger partial charge in [-0.2, -0.15) is 0 Å². The summed E-state index contributed by atoms with van der Waals surface area (Å²) in [5.41, 5.74) is 2.78. The average molecular weight is 477 g/mol. The molecule has 4 aromatic rings. The molecule has 172 valence electrons. The molecule has 0 saturated heterocycles. The Balaban J connectivity index is 1.39. The van der Waals surface area contributed by atoms with Gasteiger partial charge >= 0.3 is 5.97 Å². The lowest BCUT2D eigenvalue weighted by atomic mass is 10.1. The lowest BCUT2D eigenvalue weighted by molar-refractivity contribution is -0.384. The summed E-state index contributed by atoms with van der Waals surface area (Å²) in [6, 6.07) is 18.7. The molecule has 0 radical (unpaired) electrons. The fraction of sp³-hybridized carbons (Fsp3) is 0.125. The van der Waals surface area contributed by atoms with Crippen molar-refractivity contribution in [2.45, 2.75) is 17.9 Å². The maximum Gasteiger partial charge on any atom is 0.338 e. The van der Waals surface area contributed by atoms with E-state index in [-0.39, 0.29) is 11.4 Å². The van der Waals surface area contributed by atoms with Gasteiger partial charge in [0.2, 0.25) is 0 Å². The van der Waals surface area contributed by atoms with Crippen molar-refractivity contribution in [1.29, 1.82) is 0 Å². The Morgan fingerprint density at radius 1 is 1.09 bits per heavy atom. The van der Waals surface area contributed by atoms with Gasteiger partial charge < -0.3 is 14.5 Å². The third-order valence-corrected chi connectivity index (χ3v) is 5.79. The number of para-hydroxylation sites is 3. The van der Waals surface area contributed by atoms with E-state index in [2.05, 4.69) is 10.3 Å². The number of aromatic nitrogens is 1. The Kier molecular flexibility index (Phi) is 6.88. The molecular formula is C24H19N3O6S. The number of aryl methyl sites for hydroxylation is 1. The smallest absolute Gasteiger partial charge is 0.338 e. The number of ether oxygens (including phenoxy) is 1. The molecule has 0 aliphatic heterocycles. The summed E-state index contributed by atoms with van der Waals surface area (Å²) >= 11 is 1.33. The first-order valence-corrected chi connectivity index (χ1v) is 11.2. The van der Waals surface area contributed by atoms with E-state index in [1.165, 1.54) is 23.9 Å². The summed E-state index contributed by atoms with van der Waals surface area (Å²) in [5, 5.41) is 14.1. The van der Waals surface area contributed by atoms with Crippen LogP contribution in [-0.4, -0.2) is 28.4 Å². The summed E-state index contributed by atoms with van der Waals surface area (Å²) in [5.74, 6) is -0.952. The van der Waals surface area contributed by atoms with E-state index in [1.807, 2.05) is 24.3 Å². The van der Waals surface area contributed by atoms with E-state index in [9.17, 15) is 19.7 Å². The van der Waals surface area contributed by atoms with Crippen molar-refractivity contribution in [2.24, 2.45) is 0 Å². The van der Waals surface area contributed by atoms with Crippen molar-refractivity contribution in [3.8, 4) is 0 Å². The van der Waals surface area contributed by atoms with Gasteiger partial charge in [-0.1, -0.05) is 54.2 Å². The normalized spacial score (nSPS) is 10.7. The number of nitro benzene ring substituents is 1. The van der Waals surface area contributed by atoms with Crippen molar-refractivity contribution >= 4 is 46.1 Å². The molecule has 10 heteroatoms. The number of hydrogen-bond donors (Lipinski definition) is 1. The molecule has 3 aromatic carbocycles. The molecule has 0 fully saturated rings. The Bertz CT molecular complexity index is 1350. The van der Waals surface area contributed by atoms with E-state index in [0.717, 1.165) is 5.52 Å². The predicted molar refractivity (Wildman–Crippen MR) is 127 cm³/mol. The number of carbonyl (C=O) groups is 2. The van der Waals surface area contributed by atoms with Crippen LogP contribution in [0.3, 0.4) is 0 Å². The van der Waals surface area contributed by atoms with Gasteiger partial charge in [0.1, 0.15) is 11.2 Å². The number of benzene rings is 3. The van der Waals surface area contributed by atoms with Crippen molar-refractivity contribution in [1.82, 2.24) is 4.98 Å². The zero-order valence-corrected chi connectivity index (χ0v) is 18.8. The first kappa shape index (κ1) is 23.0. The molecule has 0 atom stereocenters. The quantitative estimate of drug-likeness (QED) is 0.160. The molecule has 0 spiro atoms. The fourth-order valence-corrected chi connectivity index (χ4v) is 4.09. The monoisotopic (exact) mass is 477 g/mol. The van der Waals surface area contributed by atoms with E-state index in [4.69, 9.17) is 9.15 Å². The summed E-state index contributed by atoms with van der Waals surface area (Å²) in [6.07, 6.45) is 0. The summed E-state index contributed by atoms with van der Waals surface area (Å²) in [6.45, 7) is 1.05. The number of thioether (sulfide) groups is 1. The third kappa shape index (κ3) is 5.24. The minimum absolute atomic E-state index is 0.0729. The molecule has 1 N–H and O–H groups in total. The van der Waals surface area contributed by atoms with Crippen molar-refractivity contribution in [3.05, 3.63) is 93.5 Å². The van der Waals surface area contributed by atoms with Crippen LogP contribution in [0.4, 0.5) is 11.4 Å². The molecule has 0 unspecified atom stereocenters. The van der Waals surface area contributed by atoms with E-state index < -0.39 is 23.4 Å². The van der Waals surface area contributed by atoms with Crippen molar-refractivity contribution < 1.29 is 23.7 Å². The lowest BCUT2D eigenvalue weighted by Crippen LogP contribution is -2.22. The van der Waals surface area contributed by atoms with Gasteiger partial charge in [-0.05, 0) is 36.2 Å². The van der Waals surface area contributed by atoms with Crippen LogP contribution in [0.15, 0.2) is 76.4 Å². The number of nitro groups is 1. The SMILES string of the molecule is Cc1cccc([N+](=O)[O-])c1NC(=O)COC(=O)c1ccccc1CSc1nc2ccccc2o1. The Morgan fingerprint density at radius 3 is 2.65 bits per heavy atom. The minimum atomic E-state index is -0.678. The molecule has 1 amide bonds. The molecule has 0 bridgehead atoms. The summed E-state index contributed by atoms with van der Waals surface area (Å²) in [7, 11) is 0. The molecule has 1 aromatic heterocycles. The maximum atomic E-state index is 12.7. The number of rotatable bonds is 8. The second-order valence-electron chi connectivity index (χ2n) is 7.24. The number of esters is 1. The van der Waals surface area contributed by atoms with Gasteiger partial charge in [0.05, 0.1) is 10.5 Å². The van der Waals surface area contributed by atoms with E-state index >= 15 is 0 Å². The van der Waals surface area contributed by atoms with Crippen LogP contribution in [0.1, 0.15) is 21.5 Å². The van der Waals surface area contributed by atoms with Crippen LogP contribution in [0.2, 0.25) is 0 Å². The van der Waals surface area contributed by atoms with E-state index in [1.54, 1.807) is 37.3 Å². The van der Waals surface area contributed by atoms with Crippen molar-refractivity contribution in [3.63, 3.8) is 0 Å². The number of anilines is 1. The van der Waals surface area contributed by atoms with Gasteiger partial charge in [0.15, 0.2) is 12.2 Å². The molecular weight excluding hydrogens is 458 g/mol. The fourth-order valence-electron chi connectivity index (χ4n) is 3.25. The highest BCUT2D eigenvalue weighted by atomic mass is 32.2.